The number of sulfonamides is 1. The van der Waals surface area contributed by atoms with Gasteiger partial charge < -0.3 is 9.67 Å². The number of aliphatic hydroxyl groups is 1. The van der Waals surface area contributed by atoms with E-state index in [2.05, 4.69) is 4.72 Å². The smallest absolute Gasteiger partial charge is 0.242 e. The van der Waals surface area contributed by atoms with Crippen molar-refractivity contribution in [1.29, 1.82) is 0 Å². The topological polar surface area (TPSA) is 71.3 Å². The fourth-order valence-electron chi connectivity index (χ4n) is 1.46. The number of hydrogen-bond donors (Lipinski definition) is 2. The normalized spacial score (nSPS) is 12.3. The molecule has 1 heterocycles. The Balaban J connectivity index is 2.95. The van der Waals surface area contributed by atoms with Crippen LogP contribution in [0.5, 0.6) is 0 Å². The van der Waals surface area contributed by atoms with Gasteiger partial charge in [-0.25, -0.2) is 13.1 Å². The highest BCUT2D eigenvalue weighted by Crippen LogP contribution is 2.14. The SMILES string of the molecule is CCn1cc(S(=O)(=O)NCC(C)C)cc1CO. The Morgan fingerprint density at radius 3 is 2.53 bits per heavy atom. The van der Waals surface area contributed by atoms with Crippen LogP contribution < -0.4 is 4.72 Å². The van der Waals surface area contributed by atoms with Crippen LogP contribution >= 0.6 is 0 Å². The van der Waals surface area contributed by atoms with E-state index in [9.17, 15) is 8.42 Å². The maximum absolute atomic E-state index is 11.9. The number of nitrogens with one attached hydrogen (secondary N) is 1. The van der Waals surface area contributed by atoms with Crippen molar-refractivity contribution in [1.82, 2.24) is 9.29 Å². The van der Waals surface area contributed by atoms with E-state index >= 15 is 0 Å². The second-order valence-corrected chi connectivity index (χ2v) is 6.12. The molecule has 0 atom stereocenters. The molecule has 2 N–H and O–H groups in total. The van der Waals surface area contributed by atoms with Crippen LogP contribution in [0.3, 0.4) is 0 Å². The first kappa shape index (κ1) is 14.2. The molecule has 0 saturated heterocycles. The van der Waals surface area contributed by atoms with E-state index in [0.717, 1.165) is 0 Å². The third kappa shape index (κ3) is 3.55. The summed E-state index contributed by atoms with van der Waals surface area (Å²) < 4.78 is 28.1. The Bertz CT molecular complexity index is 442. The summed E-state index contributed by atoms with van der Waals surface area (Å²) in [4.78, 5) is 0.212. The number of hydrogen-bond acceptors (Lipinski definition) is 3. The number of nitrogens with zero attached hydrogens (tertiary/aromatic N) is 1. The van der Waals surface area contributed by atoms with Gasteiger partial charge in [0.25, 0.3) is 0 Å². The maximum atomic E-state index is 11.9. The van der Waals surface area contributed by atoms with Crippen LogP contribution in [0.25, 0.3) is 0 Å². The van der Waals surface area contributed by atoms with Gasteiger partial charge in [0.15, 0.2) is 0 Å². The average Bonchev–Trinajstić information content (AvgIpc) is 2.70. The molecule has 0 radical (unpaired) electrons. The first-order valence-corrected chi connectivity index (χ1v) is 7.18. The number of aryl methyl sites for hydroxylation is 1. The average molecular weight is 260 g/mol. The van der Waals surface area contributed by atoms with Gasteiger partial charge in [-0.3, -0.25) is 0 Å². The molecule has 0 aliphatic heterocycles. The van der Waals surface area contributed by atoms with E-state index in [1.165, 1.54) is 6.07 Å². The molecule has 0 fully saturated rings. The van der Waals surface area contributed by atoms with Crippen LogP contribution in [0.1, 0.15) is 26.5 Å². The zero-order chi connectivity index (χ0) is 13.1. The fraction of sp³-hybridized carbons (Fsp3) is 0.636. The Kier molecular flexibility index (Phi) is 4.73. The Labute approximate surface area is 103 Å². The molecular formula is C11H20N2O3S. The van der Waals surface area contributed by atoms with Crippen LogP contribution in [0.2, 0.25) is 0 Å². The first-order valence-electron chi connectivity index (χ1n) is 5.70. The molecular weight excluding hydrogens is 240 g/mol. The first-order chi connectivity index (χ1) is 7.90. The predicted molar refractivity (Wildman–Crippen MR) is 66.1 cm³/mol. The molecule has 0 saturated carbocycles. The lowest BCUT2D eigenvalue weighted by atomic mass is 10.2. The molecule has 0 unspecified atom stereocenters. The van der Waals surface area contributed by atoms with Crippen molar-refractivity contribution < 1.29 is 13.5 Å². The van der Waals surface area contributed by atoms with Gasteiger partial charge in [-0.05, 0) is 18.9 Å². The van der Waals surface area contributed by atoms with E-state index in [1.54, 1.807) is 10.8 Å². The highest BCUT2D eigenvalue weighted by molar-refractivity contribution is 7.89. The maximum Gasteiger partial charge on any atom is 0.242 e. The van der Waals surface area contributed by atoms with Crippen molar-refractivity contribution in [2.45, 2.75) is 38.8 Å². The quantitative estimate of drug-likeness (QED) is 0.799. The van der Waals surface area contributed by atoms with E-state index < -0.39 is 10.0 Å². The molecule has 0 aromatic carbocycles. The van der Waals surface area contributed by atoms with Crippen molar-refractivity contribution in [3.05, 3.63) is 18.0 Å². The standard InChI is InChI=1S/C11H20N2O3S/c1-4-13-7-11(5-10(13)8-14)17(15,16)12-6-9(2)3/h5,7,9,12,14H,4,6,8H2,1-3H3. The van der Waals surface area contributed by atoms with Crippen LogP contribution in [0, 0.1) is 5.92 Å². The number of aliphatic hydroxyl groups excluding tert-OH is 1. The Morgan fingerprint density at radius 1 is 1.47 bits per heavy atom. The van der Waals surface area contributed by atoms with E-state index in [1.807, 2.05) is 20.8 Å². The summed E-state index contributed by atoms with van der Waals surface area (Å²) in [5.74, 6) is 0.260. The second kappa shape index (κ2) is 5.66. The van der Waals surface area contributed by atoms with Crippen LogP contribution in [-0.4, -0.2) is 24.6 Å². The van der Waals surface area contributed by atoms with Gasteiger partial charge in [0.2, 0.25) is 10.0 Å². The van der Waals surface area contributed by atoms with Gasteiger partial charge in [0.1, 0.15) is 0 Å². The lowest BCUT2D eigenvalue weighted by Crippen LogP contribution is -2.27. The zero-order valence-corrected chi connectivity index (χ0v) is 11.3. The lowest BCUT2D eigenvalue weighted by Gasteiger charge is -2.06. The molecule has 0 spiro atoms. The summed E-state index contributed by atoms with van der Waals surface area (Å²) in [6, 6.07) is 1.51. The predicted octanol–water partition coefficient (Wildman–Crippen LogP) is 0.935. The lowest BCUT2D eigenvalue weighted by molar-refractivity contribution is 0.271. The van der Waals surface area contributed by atoms with Crippen LogP contribution in [0.4, 0.5) is 0 Å². The third-order valence-corrected chi connectivity index (χ3v) is 3.85. The molecule has 0 bridgehead atoms. The largest absolute Gasteiger partial charge is 0.390 e. The minimum Gasteiger partial charge on any atom is -0.390 e. The molecule has 5 nitrogen and oxygen atoms in total. The Morgan fingerprint density at radius 2 is 2.12 bits per heavy atom. The summed E-state index contributed by atoms with van der Waals surface area (Å²) in [5.41, 5.74) is 0.609. The summed E-state index contributed by atoms with van der Waals surface area (Å²) in [7, 11) is -3.46. The van der Waals surface area contributed by atoms with Crippen LogP contribution in [-0.2, 0) is 23.2 Å². The molecule has 0 aliphatic rings. The van der Waals surface area contributed by atoms with E-state index in [0.29, 0.717) is 18.8 Å². The van der Waals surface area contributed by atoms with Crippen molar-refractivity contribution in [2.75, 3.05) is 6.54 Å². The number of aromatic nitrogens is 1. The molecule has 98 valence electrons. The summed E-state index contributed by atoms with van der Waals surface area (Å²) in [5, 5.41) is 9.11. The minimum atomic E-state index is -3.46. The van der Waals surface area contributed by atoms with Gasteiger partial charge in [-0.1, -0.05) is 13.8 Å². The summed E-state index contributed by atoms with van der Waals surface area (Å²) in [6.07, 6.45) is 1.55. The molecule has 0 aliphatic carbocycles. The third-order valence-electron chi connectivity index (χ3n) is 2.46. The van der Waals surface area contributed by atoms with E-state index in [-0.39, 0.29) is 17.4 Å². The summed E-state index contributed by atoms with van der Waals surface area (Å²) in [6.45, 7) is 6.67. The van der Waals surface area contributed by atoms with Gasteiger partial charge >= 0.3 is 0 Å². The minimum absolute atomic E-state index is 0.159. The van der Waals surface area contributed by atoms with Gasteiger partial charge in [0.05, 0.1) is 11.5 Å². The molecule has 6 heteroatoms. The van der Waals surface area contributed by atoms with Gasteiger partial charge in [0, 0.05) is 25.0 Å². The monoisotopic (exact) mass is 260 g/mol. The van der Waals surface area contributed by atoms with Gasteiger partial charge in [-0.2, -0.15) is 0 Å². The van der Waals surface area contributed by atoms with E-state index in [4.69, 9.17) is 5.11 Å². The number of rotatable bonds is 6. The van der Waals surface area contributed by atoms with Crippen molar-refractivity contribution >= 4 is 10.0 Å². The van der Waals surface area contributed by atoms with Gasteiger partial charge in [-0.15, -0.1) is 0 Å². The molecule has 1 aromatic heterocycles. The van der Waals surface area contributed by atoms with Crippen molar-refractivity contribution in [3.63, 3.8) is 0 Å². The zero-order valence-electron chi connectivity index (χ0n) is 10.5. The Hall–Kier alpha value is -0.850. The van der Waals surface area contributed by atoms with Crippen LogP contribution in [0.15, 0.2) is 17.2 Å². The second-order valence-electron chi connectivity index (χ2n) is 4.36. The highest BCUT2D eigenvalue weighted by Gasteiger charge is 2.17. The summed E-state index contributed by atoms with van der Waals surface area (Å²) >= 11 is 0. The molecule has 1 aromatic rings. The molecule has 17 heavy (non-hydrogen) atoms. The molecule has 0 amide bonds. The van der Waals surface area contributed by atoms with Crippen molar-refractivity contribution in [3.8, 4) is 0 Å². The fourth-order valence-corrected chi connectivity index (χ4v) is 2.74. The molecule has 1 rings (SSSR count). The highest BCUT2D eigenvalue weighted by atomic mass is 32.2. The van der Waals surface area contributed by atoms with Crippen molar-refractivity contribution in [2.24, 2.45) is 5.92 Å².